The van der Waals surface area contributed by atoms with Crippen LogP contribution in [-0.2, 0) is 16.6 Å². The van der Waals surface area contributed by atoms with Gasteiger partial charge in [0.15, 0.2) is 0 Å². The number of rotatable bonds is 8. The molecule has 0 aliphatic heterocycles. The highest BCUT2D eigenvalue weighted by atomic mass is 16.5. The summed E-state index contributed by atoms with van der Waals surface area (Å²) >= 11 is 0. The monoisotopic (exact) mass is 504 g/mol. The highest BCUT2D eigenvalue weighted by molar-refractivity contribution is 5.99. The van der Waals surface area contributed by atoms with Crippen LogP contribution in [0, 0.1) is 11.3 Å². The van der Waals surface area contributed by atoms with Crippen molar-refractivity contribution in [3.05, 3.63) is 65.5 Å². The molecular formula is C31H40N2O4. The minimum atomic E-state index is -1.07. The number of fused-ring (bicyclic) bond motifs is 1. The van der Waals surface area contributed by atoms with E-state index < -0.39 is 23.3 Å². The second kappa shape index (κ2) is 10.9. The lowest BCUT2D eigenvalue weighted by atomic mass is 9.86. The van der Waals surface area contributed by atoms with Gasteiger partial charge in [0.05, 0.1) is 0 Å². The summed E-state index contributed by atoms with van der Waals surface area (Å²) in [5, 5.41) is 14.1. The quantitative estimate of drug-likeness (QED) is 0.340. The minimum absolute atomic E-state index is 0.0693. The smallest absolute Gasteiger partial charge is 0.326 e. The van der Waals surface area contributed by atoms with Crippen LogP contribution < -0.4 is 10.1 Å². The van der Waals surface area contributed by atoms with Gasteiger partial charge < -0.3 is 15.2 Å². The second-order valence-electron chi connectivity index (χ2n) is 12.3. The van der Waals surface area contributed by atoms with E-state index >= 15 is 0 Å². The van der Waals surface area contributed by atoms with Crippen LogP contribution in [0.25, 0.3) is 10.8 Å². The summed E-state index contributed by atoms with van der Waals surface area (Å²) in [6.07, 6.45) is 1.60. The van der Waals surface area contributed by atoms with Crippen molar-refractivity contribution < 1.29 is 19.4 Å². The van der Waals surface area contributed by atoms with Gasteiger partial charge in [0.2, 0.25) is 0 Å². The van der Waals surface area contributed by atoms with E-state index in [4.69, 9.17) is 9.72 Å². The molecule has 1 amide bonds. The number of amides is 1. The summed E-state index contributed by atoms with van der Waals surface area (Å²) in [6, 6.07) is 14.6. The van der Waals surface area contributed by atoms with Gasteiger partial charge in [-0.3, -0.25) is 4.79 Å². The van der Waals surface area contributed by atoms with E-state index in [0.29, 0.717) is 18.1 Å². The molecule has 0 aliphatic rings. The van der Waals surface area contributed by atoms with Crippen molar-refractivity contribution in [1.82, 2.24) is 10.3 Å². The first-order valence-electron chi connectivity index (χ1n) is 12.9. The highest BCUT2D eigenvalue weighted by Crippen LogP contribution is 2.31. The fourth-order valence-electron chi connectivity index (χ4n) is 4.10. The molecule has 1 heterocycles. The molecule has 0 saturated carbocycles. The van der Waals surface area contributed by atoms with Crippen molar-refractivity contribution in [2.24, 2.45) is 11.3 Å². The van der Waals surface area contributed by atoms with E-state index in [9.17, 15) is 14.7 Å². The molecule has 0 spiro atoms. The number of carboxylic acids is 1. The third kappa shape index (κ3) is 7.31. The van der Waals surface area contributed by atoms with E-state index in [0.717, 1.165) is 28.6 Å². The van der Waals surface area contributed by atoms with Crippen LogP contribution >= 0.6 is 0 Å². The van der Waals surface area contributed by atoms with Crippen LogP contribution in [0.4, 0.5) is 0 Å². The number of aromatic nitrogens is 1. The minimum Gasteiger partial charge on any atom is -0.480 e. The van der Waals surface area contributed by atoms with Crippen LogP contribution in [0.1, 0.15) is 83.6 Å². The SMILES string of the molecule is CC(C)CCc1nc(C(=O)NC(C(=O)O)C(C)(C)C)cc2ccc(Oc3ccc(C(C)(C)C)cc3)cc12. The Morgan fingerprint density at radius 3 is 2.11 bits per heavy atom. The van der Waals surface area contributed by atoms with E-state index in [-0.39, 0.29) is 11.1 Å². The lowest BCUT2D eigenvalue weighted by Gasteiger charge is -2.27. The third-order valence-corrected chi connectivity index (χ3v) is 6.42. The standard InChI is InChI=1S/C31H40N2O4/c1-19(2)9-16-25-24-18-23(37-22-14-11-21(12-15-22)30(3,4)5)13-10-20(24)17-26(32-25)28(34)33-27(29(35)36)31(6,7)8/h10-15,17-19,27H,9,16H2,1-8H3,(H,33,34)(H,35,36). The summed E-state index contributed by atoms with van der Waals surface area (Å²) in [5.74, 6) is 0.349. The van der Waals surface area contributed by atoms with Gasteiger partial charge >= 0.3 is 5.97 Å². The molecule has 6 heteroatoms. The molecule has 0 aliphatic carbocycles. The molecule has 2 N–H and O–H groups in total. The molecule has 0 fully saturated rings. The van der Waals surface area contributed by atoms with Gasteiger partial charge in [-0.1, -0.05) is 73.6 Å². The summed E-state index contributed by atoms with van der Waals surface area (Å²) < 4.78 is 6.16. The Morgan fingerprint density at radius 2 is 1.57 bits per heavy atom. The number of hydrogen-bond acceptors (Lipinski definition) is 4. The predicted molar refractivity (Wildman–Crippen MR) is 148 cm³/mol. The maximum Gasteiger partial charge on any atom is 0.326 e. The van der Waals surface area contributed by atoms with Crippen molar-refractivity contribution in [3.63, 3.8) is 0 Å². The Kier molecular flexibility index (Phi) is 8.31. The first kappa shape index (κ1) is 28.2. The zero-order valence-corrected chi connectivity index (χ0v) is 23.3. The maximum absolute atomic E-state index is 13.1. The van der Waals surface area contributed by atoms with Crippen LogP contribution in [0.3, 0.4) is 0 Å². The zero-order chi connectivity index (χ0) is 27.5. The van der Waals surface area contributed by atoms with Crippen LogP contribution in [0.5, 0.6) is 11.5 Å². The van der Waals surface area contributed by atoms with Gasteiger partial charge in [0.25, 0.3) is 5.91 Å². The van der Waals surface area contributed by atoms with E-state index in [1.165, 1.54) is 5.56 Å². The predicted octanol–water partition coefficient (Wildman–Crippen LogP) is 7.14. The molecule has 6 nitrogen and oxygen atoms in total. The second-order valence-corrected chi connectivity index (χ2v) is 12.3. The number of aliphatic carboxylic acids is 1. The molecule has 2 aromatic carbocycles. The van der Waals surface area contributed by atoms with Crippen molar-refractivity contribution in [2.45, 2.75) is 79.7 Å². The number of ether oxygens (including phenoxy) is 1. The molecule has 1 aromatic heterocycles. The number of hydrogen-bond donors (Lipinski definition) is 2. The third-order valence-electron chi connectivity index (χ3n) is 6.42. The molecule has 0 bridgehead atoms. The lowest BCUT2D eigenvalue weighted by Crippen LogP contribution is -2.49. The van der Waals surface area contributed by atoms with Crippen molar-refractivity contribution >= 4 is 22.6 Å². The van der Waals surface area contributed by atoms with E-state index in [2.05, 4.69) is 52.1 Å². The van der Waals surface area contributed by atoms with E-state index in [1.807, 2.05) is 30.3 Å². The molecule has 37 heavy (non-hydrogen) atoms. The number of aryl methyl sites for hydroxylation is 1. The highest BCUT2D eigenvalue weighted by Gasteiger charge is 2.33. The summed E-state index contributed by atoms with van der Waals surface area (Å²) in [5.41, 5.74) is 1.68. The fraction of sp³-hybridized carbons (Fsp3) is 0.452. The summed E-state index contributed by atoms with van der Waals surface area (Å²) in [6.45, 7) is 16.2. The Morgan fingerprint density at radius 1 is 0.946 bits per heavy atom. The Balaban J connectivity index is 1.96. The summed E-state index contributed by atoms with van der Waals surface area (Å²) in [7, 11) is 0. The average molecular weight is 505 g/mol. The largest absolute Gasteiger partial charge is 0.480 e. The topological polar surface area (TPSA) is 88.5 Å². The average Bonchev–Trinajstić information content (AvgIpc) is 2.79. The van der Waals surface area contributed by atoms with Gasteiger partial charge in [-0.25, -0.2) is 9.78 Å². The number of nitrogens with zero attached hydrogens (tertiary/aromatic N) is 1. The number of carbonyl (C=O) groups is 2. The van der Waals surface area contributed by atoms with Crippen molar-refractivity contribution in [3.8, 4) is 11.5 Å². The van der Waals surface area contributed by atoms with Crippen molar-refractivity contribution in [2.75, 3.05) is 0 Å². The normalized spacial score (nSPS) is 13.0. The van der Waals surface area contributed by atoms with Gasteiger partial charge in [-0.15, -0.1) is 0 Å². The molecule has 3 aromatic rings. The Bertz CT molecular complexity index is 1270. The van der Waals surface area contributed by atoms with E-state index in [1.54, 1.807) is 26.8 Å². The van der Waals surface area contributed by atoms with Gasteiger partial charge in [-0.05, 0) is 70.9 Å². The molecule has 1 atom stereocenters. The molecule has 1 unspecified atom stereocenters. The molecule has 3 rings (SSSR count). The van der Waals surface area contributed by atoms with Crippen LogP contribution in [0.2, 0.25) is 0 Å². The number of carbonyl (C=O) groups excluding carboxylic acids is 1. The lowest BCUT2D eigenvalue weighted by molar-refractivity contribution is -0.142. The fourth-order valence-corrected chi connectivity index (χ4v) is 4.10. The first-order chi connectivity index (χ1) is 17.1. The molecule has 0 radical (unpaired) electrons. The summed E-state index contributed by atoms with van der Waals surface area (Å²) in [4.78, 5) is 29.6. The molecular weight excluding hydrogens is 464 g/mol. The maximum atomic E-state index is 13.1. The van der Waals surface area contributed by atoms with Gasteiger partial charge in [0, 0.05) is 11.1 Å². The number of nitrogens with one attached hydrogen (secondary N) is 1. The number of carboxylic acid groups (broad SMARTS) is 1. The number of benzene rings is 2. The van der Waals surface area contributed by atoms with Crippen molar-refractivity contribution in [1.29, 1.82) is 0 Å². The van der Waals surface area contributed by atoms with Crippen LogP contribution in [0.15, 0.2) is 48.5 Å². The molecule has 198 valence electrons. The molecule has 0 saturated heterocycles. The Hall–Kier alpha value is -3.41. The number of pyridine rings is 1. The first-order valence-corrected chi connectivity index (χ1v) is 12.9. The van der Waals surface area contributed by atoms with Gasteiger partial charge in [-0.2, -0.15) is 0 Å². The Labute approximate surface area is 220 Å². The van der Waals surface area contributed by atoms with Crippen LogP contribution in [-0.4, -0.2) is 28.0 Å². The zero-order valence-electron chi connectivity index (χ0n) is 23.3. The van der Waals surface area contributed by atoms with Gasteiger partial charge in [0.1, 0.15) is 23.2 Å².